The summed E-state index contributed by atoms with van der Waals surface area (Å²) in [4.78, 5) is 49.7. The molecule has 3 aromatic rings. The van der Waals surface area contributed by atoms with Gasteiger partial charge in [-0.3, -0.25) is 19.2 Å². The number of furan rings is 1. The van der Waals surface area contributed by atoms with Crippen LogP contribution in [0.1, 0.15) is 61.9 Å². The maximum absolute atomic E-state index is 13.2. The van der Waals surface area contributed by atoms with E-state index in [1.54, 1.807) is 30.3 Å². The Labute approximate surface area is 259 Å². The van der Waals surface area contributed by atoms with E-state index in [1.165, 1.54) is 19.3 Å². The normalized spacial score (nSPS) is 15.1. The van der Waals surface area contributed by atoms with Crippen LogP contribution in [-0.4, -0.2) is 71.4 Å². The van der Waals surface area contributed by atoms with Crippen LogP contribution >= 0.6 is 0 Å². The molecule has 0 fully saturated rings. The zero-order valence-electron chi connectivity index (χ0n) is 25.3. The third kappa shape index (κ3) is 9.17. The van der Waals surface area contributed by atoms with Crippen molar-refractivity contribution in [2.75, 3.05) is 32.6 Å². The van der Waals surface area contributed by atoms with Gasteiger partial charge in [-0.05, 0) is 99.1 Å². The molecule has 2 aromatic carbocycles. The van der Waals surface area contributed by atoms with Crippen molar-refractivity contribution in [3.63, 3.8) is 0 Å². The molecule has 44 heavy (non-hydrogen) atoms. The molecule has 11 heteroatoms. The van der Waals surface area contributed by atoms with Crippen molar-refractivity contribution in [2.45, 2.75) is 39.0 Å². The van der Waals surface area contributed by atoms with Crippen LogP contribution < -0.4 is 10.6 Å². The third-order valence-electron chi connectivity index (χ3n) is 7.47. The molecule has 242 valence electrons. The lowest BCUT2D eigenvalue weighted by atomic mass is 9.72. The zero-order chi connectivity index (χ0) is 31.5. The van der Waals surface area contributed by atoms with E-state index in [0.29, 0.717) is 24.1 Å². The van der Waals surface area contributed by atoms with Gasteiger partial charge in [-0.1, -0.05) is 18.2 Å². The van der Waals surface area contributed by atoms with E-state index < -0.39 is 18.4 Å². The molecule has 1 aliphatic rings. The fourth-order valence-electron chi connectivity index (χ4n) is 5.62. The first-order valence-corrected chi connectivity index (χ1v) is 14.3. The molecule has 1 aromatic heterocycles. The fraction of sp³-hybridized carbons (Fsp3) is 0.394. The summed E-state index contributed by atoms with van der Waals surface area (Å²) in [6, 6.07) is 13.5. The lowest BCUT2D eigenvalue weighted by Gasteiger charge is -2.31. The minimum atomic E-state index is -0.805. The number of phenols is 1. The number of benzene rings is 2. The van der Waals surface area contributed by atoms with E-state index in [-0.39, 0.29) is 80.4 Å². The van der Waals surface area contributed by atoms with E-state index in [9.17, 15) is 34.5 Å². The van der Waals surface area contributed by atoms with E-state index in [2.05, 4.69) is 10.6 Å². The summed E-state index contributed by atoms with van der Waals surface area (Å²) in [5.74, 6) is -2.57. The minimum absolute atomic E-state index is 0. The number of amides is 1. The number of phenolic OH excluding ortho intramolecular Hbond substituents is 1. The summed E-state index contributed by atoms with van der Waals surface area (Å²) in [6.07, 6.45) is 2.39. The summed E-state index contributed by atoms with van der Waals surface area (Å²) in [7, 11) is 3.75. The van der Waals surface area contributed by atoms with Crippen LogP contribution in [-0.2, 0) is 16.0 Å². The Kier molecular flexibility index (Phi) is 14.1. The van der Waals surface area contributed by atoms with Gasteiger partial charge in [0.1, 0.15) is 17.3 Å². The maximum Gasteiger partial charge on any atom is 0.291 e. The van der Waals surface area contributed by atoms with E-state index >= 15 is 0 Å². The minimum Gasteiger partial charge on any atom is -0.507 e. The smallest absolute Gasteiger partial charge is 0.291 e. The molecule has 0 radical (unpaired) electrons. The van der Waals surface area contributed by atoms with Gasteiger partial charge in [0, 0.05) is 27.5 Å². The van der Waals surface area contributed by atoms with E-state index in [1.807, 2.05) is 26.2 Å². The van der Waals surface area contributed by atoms with Crippen LogP contribution in [0.4, 0.5) is 5.69 Å². The van der Waals surface area contributed by atoms with Crippen molar-refractivity contribution in [1.82, 2.24) is 5.32 Å². The van der Waals surface area contributed by atoms with Gasteiger partial charge in [0.2, 0.25) is 0 Å². The number of nitrogens with one attached hydrogen (secondary N) is 2. The molecule has 1 aliphatic carbocycles. The number of aliphatic hydroxyl groups excluding tert-OH is 2. The molecule has 4 rings (SSSR count). The van der Waals surface area contributed by atoms with Gasteiger partial charge < -0.3 is 35.8 Å². The van der Waals surface area contributed by atoms with Gasteiger partial charge in [-0.15, -0.1) is 0 Å². The van der Waals surface area contributed by atoms with Crippen LogP contribution in [0, 0.1) is 17.8 Å². The quantitative estimate of drug-likeness (QED) is 0.189. The molecule has 3 atom stereocenters. The van der Waals surface area contributed by atoms with Gasteiger partial charge in [0.25, 0.3) is 5.91 Å². The Bertz CT molecular complexity index is 1410. The summed E-state index contributed by atoms with van der Waals surface area (Å²) >= 11 is 0. The highest BCUT2D eigenvalue weighted by atomic mass is 16.3. The molecule has 11 nitrogen and oxygen atoms in total. The first-order valence-electron chi connectivity index (χ1n) is 14.3. The average Bonchev–Trinajstić information content (AvgIpc) is 3.50. The highest BCUT2D eigenvalue weighted by Gasteiger charge is 2.35. The van der Waals surface area contributed by atoms with Gasteiger partial charge in [0.15, 0.2) is 11.5 Å². The number of carbonyl (C=O) groups is 4. The summed E-state index contributed by atoms with van der Waals surface area (Å²) in [5.41, 5.74) is 3.07. The molecule has 1 amide bonds. The first kappa shape index (κ1) is 36.0. The number of ketones is 3. The molecule has 3 unspecified atom stereocenters. The van der Waals surface area contributed by atoms with Gasteiger partial charge in [-0.2, -0.15) is 0 Å². The Balaban J connectivity index is 0.00000325. The maximum atomic E-state index is 13.2. The summed E-state index contributed by atoms with van der Waals surface area (Å²) in [6.45, 7) is 0.682. The van der Waals surface area contributed by atoms with Gasteiger partial charge in [-0.25, -0.2) is 0 Å². The molecule has 0 spiro atoms. The van der Waals surface area contributed by atoms with Crippen LogP contribution in [0.15, 0.2) is 59.2 Å². The number of rotatable bonds is 12. The SMILES string of the molecule is CC(=O)CC(=O)C(CO)C(CCO)CC1CC(=O)c2c(O)ccc(-c3ccc(NC(=O)c4ccco4)cc3)c2C1.CNC.O.[HH].[HH]. The number of aliphatic hydroxyl groups is 2. The lowest BCUT2D eigenvalue weighted by Crippen LogP contribution is -2.32. The average molecular weight is 615 g/mol. The fourth-order valence-corrected chi connectivity index (χ4v) is 5.62. The summed E-state index contributed by atoms with van der Waals surface area (Å²) in [5, 5.41) is 35.7. The van der Waals surface area contributed by atoms with Crippen LogP contribution in [0.2, 0.25) is 0 Å². The number of anilines is 1. The highest BCUT2D eigenvalue weighted by molar-refractivity contribution is 6.04. The van der Waals surface area contributed by atoms with E-state index in [0.717, 1.165) is 11.1 Å². The molecule has 1 heterocycles. The Hall–Kier alpha value is -4.16. The van der Waals surface area contributed by atoms with E-state index in [4.69, 9.17) is 4.42 Å². The Morgan fingerprint density at radius 2 is 1.73 bits per heavy atom. The number of fused-ring (bicyclic) bond motifs is 1. The van der Waals surface area contributed by atoms with Crippen molar-refractivity contribution in [1.29, 1.82) is 0 Å². The molecule has 7 N–H and O–H groups in total. The monoisotopic (exact) mass is 614 g/mol. The first-order chi connectivity index (χ1) is 20.6. The largest absolute Gasteiger partial charge is 0.507 e. The second-order valence-corrected chi connectivity index (χ2v) is 10.8. The van der Waals surface area contributed by atoms with Crippen molar-refractivity contribution in [3.05, 3.63) is 71.7 Å². The predicted molar refractivity (Wildman–Crippen MR) is 170 cm³/mol. The molecule has 0 saturated heterocycles. The van der Waals surface area contributed by atoms with Crippen LogP contribution in [0.5, 0.6) is 5.75 Å². The predicted octanol–water partition coefficient (Wildman–Crippen LogP) is 3.70. The summed E-state index contributed by atoms with van der Waals surface area (Å²) < 4.78 is 5.12. The standard InChI is InChI=1S/C31H33NO8.C2H7N.H2O.2H2/c1-18(35)13-27(37)25(17-34)21(10-11-33)14-19-15-24-23(8-9-26(36)30(24)28(38)16-19)20-4-6-22(7-5-20)32-31(39)29-3-2-12-40-29;1-3-2;;;/h2-9,12,19,21,25,33-34,36H,10-11,13-17H2,1H3,(H,32,39);3H,1-2H3;1H2;2*1H. The number of hydrogen-bond donors (Lipinski definition) is 5. The molecular formula is C33H46N2O9. The van der Waals surface area contributed by atoms with Crippen molar-refractivity contribution in [2.24, 2.45) is 17.8 Å². The van der Waals surface area contributed by atoms with Crippen LogP contribution in [0.25, 0.3) is 11.1 Å². The number of aromatic hydroxyl groups is 1. The molecular weight excluding hydrogens is 568 g/mol. The van der Waals surface area contributed by atoms with Crippen molar-refractivity contribution < 1.29 is 47.2 Å². The zero-order valence-corrected chi connectivity index (χ0v) is 25.3. The second-order valence-electron chi connectivity index (χ2n) is 10.8. The Morgan fingerprint density at radius 1 is 1.05 bits per heavy atom. The molecule has 0 aliphatic heterocycles. The second kappa shape index (κ2) is 17.2. The van der Waals surface area contributed by atoms with Crippen molar-refractivity contribution >= 4 is 28.9 Å². The third-order valence-corrected chi connectivity index (χ3v) is 7.47. The topological polar surface area (TPSA) is 198 Å². The number of Topliss-reactive ketones (excluding diaryl/α,β-unsaturated/α-hetero) is 3. The van der Waals surface area contributed by atoms with Gasteiger partial charge in [0.05, 0.1) is 24.9 Å². The Morgan fingerprint density at radius 3 is 2.30 bits per heavy atom. The lowest BCUT2D eigenvalue weighted by molar-refractivity contribution is -0.131. The molecule has 0 bridgehead atoms. The van der Waals surface area contributed by atoms with Crippen LogP contribution in [0.3, 0.4) is 0 Å². The van der Waals surface area contributed by atoms with Gasteiger partial charge >= 0.3 is 0 Å². The number of hydrogen-bond acceptors (Lipinski definition) is 9. The molecule has 0 saturated carbocycles. The van der Waals surface area contributed by atoms with Crippen molar-refractivity contribution in [3.8, 4) is 16.9 Å². The highest BCUT2D eigenvalue weighted by Crippen LogP contribution is 2.41. The number of carbonyl (C=O) groups excluding carboxylic acids is 4.